The summed E-state index contributed by atoms with van der Waals surface area (Å²) in [6, 6.07) is 9.13. The van der Waals surface area contributed by atoms with E-state index in [1.54, 1.807) is 11.3 Å². The molecule has 0 saturated carbocycles. The first-order valence-corrected chi connectivity index (χ1v) is 8.32. The summed E-state index contributed by atoms with van der Waals surface area (Å²) in [5.74, 6) is 1.12. The van der Waals surface area contributed by atoms with Gasteiger partial charge >= 0.3 is 0 Å². The van der Waals surface area contributed by atoms with E-state index >= 15 is 0 Å². The third-order valence-electron chi connectivity index (χ3n) is 3.78. The van der Waals surface area contributed by atoms with Crippen LogP contribution in [0, 0.1) is 0 Å². The van der Waals surface area contributed by atoms with Gasteiger partial charge in [0.1, 0.15) is 5.75 Å². The highest BCUT2D eigenvalue weighted by Gasteiger charge is 2.22. The highest BCUT2D eigenvalue weighted by molar-refractivity contribution is 7.07. The Labute approximate surface area is 124 Å². The van der Waals surface area contributed by atoms with Gasteiger partial charge in [-0.05, 0) is 47.3 Å². The van der Waals surface area contributed by atoms with Gasteiger partial charge in [0.05, 0.1) is 6.61 Å². The minimum absolute atomic E-state index is 0.345. The predicted molar refractivity (Wildman–Crippen MR) is 84.7 cm³/mol. The minimum atomic E-state index is 0.345. The number of thiophene rings is 1. The Morgan fingerprint density at radius 2 is 2.30 bits per heavy atom. The minimum Gasteiger partial charge on any atom is -0.493 e. The van der Waals surface area contributed by atoms with E-state index in [4.69, 9.17) is 4.74 Å². The van der Waals surface area contributed by atoms with Gasteiger partial charge in [-0.3, -0.25) is 0 Å². The monoisotopic (exact) mass is 287 g/mol. The number of fused-ring (bicyclic) bond motifs is 1. The fraction of sp³-hybridized carbons (Fsp3) is 0.412. The Hall–Kier alpha value is -1.32. The Kier molecular flexibility index (Phi) is 4.38. The van der Waals surface area contributed by atoms with E-state index in [0.29, 0.717) is 6.04 Å². The number of nitrogens with one attached hydrogen (secondary N) is 1. The van der Waals surface area contributed by atoms with Gasteiger partial charge in [-0.25, -0.2) is 0 Å². The zero-order chi connectivity index (χ0) is 13.8. The van der Waals surface area contributed by atoms with Gasteiger partial charge in [-0.2, -0.15) is 11.3 Å². The van der Waals surface area contributed by atoms with E-state index in [0.717, 1.165) is 38.2 Å². The topological polar surface area (TPSA) is 21.3 Å². The molecule has 1 aliphatic heterocycles. The molecule has 2 nitrogen and oxygen atoms in total. The molecule has 20 heavy (non-hydrogen) atoms. The van der Waals surface area contributed by atoms with Crippen LogP contribution in [0.1, 0.15) is 36.1 Å². The fourth-order valence-electron chi connectivity index (χ4n) is 2.77. The van der Waals surface area contributed by atoms with Crippen molar-refractivity contribution in [1.82, 2.24) is 5.32 Å². The molecule has 1 atom stereocenters. The molecule has 0 amide bonds. The molecule has 3 rings (SSSR count). The fourth-order valence-corrected chi connectivity index (χ4v) is 3.45. The molecule has 106 valence electrons. The van der Waals surface area contributed by atoms with Crippen LogP contribution in [0.25, 0.3) is 0 Å². The third kappa shape index (κ3) is 2.89. The molecule has 0 saturated heterocycles. The Balaban J connectivity index is 1.86. The van der Waals surface area contributed by atoms with E-state index in [1.165, 1.54) is 16.7 Å². The maximum atomic E-state index is 5.87. The number of hydrogen-bond acceptors (Lipinski definition) is 3. The van der Waals surface area contributed by atoms with Crippen LogP contribution < -0.4 is 10.1 Å². The zero-order valence-corrected chi connectivity index (χ0v) is 12.7. The van der Waals surface area contributed by atoms with Crippen LogP contribution >= 0.6 is 11.3 Å². The van der Waals surface area contributed by atoms with Crippen molar-refractivity contribution in [2.24, 2.45) is 0 Å². The quantitative estimate of drug-likeness (QED) is 0.868. The van der Waals surface area contributed by atoms with Crippen LogP contribution in [0.4, 0.5) is 0 Å². The number of rotatable bonds is 6. The van der Waals surface area contributed by atoms with Gasteiger partial charge in [-0.15, -0.1) is 0 Å². The molecule has 3 heteroatoms. The molecule has 1 aliphatic rings. The summed E-state index contributed by atoms with van der Waals surface area (Å²) in [5.41, 5.74) is 4.08. The first-order valence-electron chi connectivity index (χ1n) is 7.37. The van der Waals surface area contributed by atoms with Crippen molar-refractivity contribution in [2.45, 2.75) is 32.2 Å². The molecule has 2 aromatic rings. The van der Waals surface area contributed by atoms with Crippen molar-refractivity contribution in [3.05, 3.63) is 51.7 Å². The average molecular weight is 287 g/mol. The maximum Gasteiger partial charge on any atom is 0.127 e. The molecule has 1 N–H and O–H groups in total. The molecule has 0 radical (unpaired) electrons. The number of para-hydroxylation sites is 1. The summed E-state index contributed by atoms with van der Waals surface area (Å²) >= 11 is 1.77. The average Bonchev–Trinajstić information content (AvgIpc) is 3.13. The lowest BCUT2D eigenvalue weighted by atomic mass is 9.97. The van der Waals surface area contributed by atoms with Crippen molar-refractivity contribution in [3.8, 4) is 5.75 Å². The summed E-state index contributed by atoms with van der Waals surface area (Å²) in [6.07, 6.45) is 3.22. The molecule has 2 heterocycles. The molecule has 0 spiro atoms. The van der Waals surface area contributed by atoms with Crippen LogP contribution in [-0.4, -0.2) is 13.2 Å². The van der Waals surface area contributed by atoms with E-state index < -0.39 is 0 Å². The molecular weight excluding hydrogens is 266 g/mol. The van der Waals surface area contributed by atoms with Gasteiger partial charge in [0.2, 0.25) is 0 Å². The highest BCUT2D eigenvalue weighted by atomic mass is 32.1. The molecule has 0 aliphatic carbocycles. The summed E-state index contributed by atoms with van der Waals surface area (Å²) < 4.78 is 5.87. The molecule has 1 aromatic heterocycles. The number of benzene rings is 1. The largest absolute Gasteiger partial charge is 0.493 e. The normalized spacial score (nSPS) is 14.8. The maximum absolute atomic E-state index is 5.87. The van der Waals surface area contributed by atoms with E-state index in [1.807, 2.05) is 0 Å². The van der Waals surface area contributed by atoms with Gasteiger partial charge in [-0.1, -0.05) is 25.1 Å². The lowest BCUT2D eigenvalue weighted by molar-refractivity contribution is 0.348. The second kappa shape index (κ2) is 6.42. The first kappa shape index (κ1) is 13.7. The molecule has 0 bridgehead atoms. The number of ether oxygens (including phenoxy) is 1. The SMILES string of the molecule is CCCNC(Cc1ccsc1)c1cccc2c1OCC2. The van der Waals surface area contributed by atoms with Crippen molar-refractivity contribution in [1.29, 1.82) is 0 Å². The highest BCUT2D eigenvalue weighted by Crippen LogP contribution is 2.34. The van der Waals surface area contributed by atoms with Crippen LogP contribution in [0.2, 0.25) is 0 Å². The van der Waals surface area contributed by atoms with Crippen molar-refractivity contribution < 1.29 is 4.74 Å². The summed E-state index contributed by atoms with van der Waals surface area (Å²) in [5, 5.41) is 8.07. The molecule has 1 aromatic carbocycles. The van der Waals surface area contributed by atoms with Crippen LogP contribution in [0.15, 0.2) is 35.0 Å². The summed E-state index contributed by atoms with van der Waals surface area (Å²) in [6.45, 7) is 4.07. The third-order valence-corrected chi connectivity index (χ3v) is 4.51. The zero-order valence-electron chi connectivity index (χ0n) is 11.9. The van der Waals surface area contributed by atoms with Crippen molar-refractivity contribution in [2.75, 3.05) is 13.2 Å². The smallest absolute Gasteiger partial charge is 0.127 e. The van der Waals surface area contributed by atoms with E-state index in [-0.39, 0.29) is 0 Å². The number of hydrogen-bond donors (Lipinski definition) is 1. The summed E-state index contributed by atoms with van der Waals surface area (Å²) in [4.78, 5) is 0. The van der Waals surface area contributed by atoms with Crippen molar-refractivity contribution in [3.63, 3.8) is 0 Å². The van der Waals surface area contributed by atoms with Gasteiger partial charge in [0.25, 0.3) is 0 Å². The van der Waals surface area contributed by atoms with Gasteiger partial charge in [0, 0.05) is 18.0 Å². The van der Waals surface area contributed by atoms with E-state index in [9.17, 15) is 0 Å². The Morgan fingerprint density at radius 3 is 3.10 bits per heavy atom. The van der Waals surface area contributed by atoms with E-state index in [2.05, 4.69) is 47.3 Å². The predicted octanol–water partition coefficient (Wildman–Crippen LogP) is 3.97. The lowest BCUT2D eigenvalue weighted by Gasteiger charge is -2.21. The standard InChI is InChI=1S/C17H21NOS/c1-2-8-18-16(11-13-7-10-20-12-13)15-5-3-4-14-6-9-19-17(14)15/h3-5,7,10,12,16,18H,2,6,8-9,11H2,1H3. The lowest BCUT2D eigenvalue weighted by Crippen LogP contribution is -2.24. The Bertz CT molecular complexity index is 550. The summed E-state index contributed by atoms with van der Waals surface area (Å²) in [7, 11) is 0. The van der Waals surface area contributed by atoms with Crippen LogP contribution in [-0.2, 0) is 12.8 Å². The Morgan fingerprint density at radius 1 is 1.35 bits per heavy atom. The first-order chi connectivity index (χ1) is 9.88. The van der Waals surface area contributed by atoms with Gasteiger partial charge < -0.3 is 10.1 Å². The second-order valence-electron chi connectivity index (χ2n) is 5.28. The van der Waals surface area contributed by atoms with Crippen LogP contribution in [0.3, 0.4) is 0 Å². The molecular formula is C17H21NOS. The second-order valence-corrected chi connectivity index (χ2v) is 6.06. The molecule has 1 unspecified atom stereocenters. The van der Waals surface area contributed by atoms with Crippen LogP contribution in [0.5, 0.6) is 5.75 Å². The van der Waals surface area contributed by atoms with Crippen molar-refractivity contribution >= 4 is 11.3 Å². The molecule has 0 fully saturated rings. The van der Waals surface area contributed by atoms with Gasteiger partial charge in [0.15, 0.2) is 0 Å².